The van der Waals surface area contributed by atoms with Gasteiger partial charge in [0, 0.05) is 17.7 Å². The third-order valence-electron chi connectivity index (χ3n) is 4.25. The minimum atomic E-state index is -0.244. The molecule has 0 atom stereocenters. The fourth-order valence-electron chi connectivity index (χ4n) is 2.84. The van der Waals surface area contributed by atoms with Gasteiger partial charge in [0.25, 0.3) is 5.91 Å². The molecule has 4 rings (SSSR count). The van der Waals surface area contributed by atoms with E-state index in [0.717, 1.165) is 16.6 Å². The van der Waals surface area contributed by atoms with Gasteiger partial charge in [-0.15, -0.1) is 0 Å². The lowest BCUT2D eigenvalue weighted by Gasteiger charge is -2.07. The van der Waals surface area contributed by atoms with Crippen molar-refractivity contribution in [3.63, 3.8) is 0 Å². The summed E-state index contributed by atoms with van der Waals surface area (Å²) in [6.45, 7) is 0.111. The van der Waals surface area contributed by atoms with Gasteiger partial charge in [-0.3, -0.25) is 4.79 Å². The van der Waals surface area contributed by atoms with Crippen molar-refractivity contribution in [3.8, 4) is 22.8 Å². The smallest absolute Gasteiger partial charge is 0.251 e. The number of hydrogen-bond donors (Lipinski definition) is 4. The number of hydrogen-bond acceptors (Lipinski definition) is 6. The summed E-state index contributed by atoms with van der Waals surface area (Å²) in [6, 6.07) is 14.6. The Labute approximate surface area is 160 Å². The number of nitrogens with one attached hydrogen (secondary N) is 2. The number of anilines is 1. The maximum Gasteiger partial charge on any atom is 0.251 e. The fourth-order valence-corrected chi connectivity index (χ4v) is 2.84. The lowest BCUT2D eigenvalue weighted by atomic mass is 10.1. The highest BCUT2D eigenvalue weighted by Gasteiger charge is 2.13. The Kier molecular flexibility index (Phi) is 4.69. The van der Waals surface area contributed by atoms with Gasteiger partial charge < -0.3 is 21.1 Å². The molecule has 0 radical (unpaired) electrons. The van der Waals surface area contributed by atoms with Crippen LogP contribution in [0, 0.1) is 0 Å². The maximum atomic E-state index is 11.9. The van der Waals surface area contributed by atoms with Crippen LogP contribution in [0.1, 0.15) is 10.4 Å². The zero-order valence-electron chi connectivity index (χ0n) is 14.9. The first-order valence-electron chi connectivity index (χ1n) is 8.73. The predicted octanol–water partition coefficient (Wildman–Crippen LogP) is 1.99. The van der Waals surface area contributed by atoms with Gasteiger partial charge in [0.2, 0.25) is 0 Å². The van der Waals surface area contributed by atoms with E-state index in [0.29, 0.717) is 22.8 Å². The van der Waals surface area contributed by atoms with E-state index in [-0.39, 0.29) is 24.9 Å². The van der Waals surface area contributed by atoms with Gasteiger partial charge in [-0.05, 0) is 24.3 Å². The number of carbonyl (C=O) groups is 1. The van der Waals surface area contributed by atoms with Gasteiger partial charge in [0.15, 0.2) is 11.6 Å². The van der Waals surface area contributed by atoms with E-state index in [1.54, 1.807) is 30.5 Å². The minimum Gasteiger partial charge on any atom is -0.395 e. The Balaban J connectivity index is 1.66. The molecule has 0 fully saturated rings. The molecule has 140 valence electrons. The number of H-pyrrole nitrogens is 1. The highest BCUT2D eigenvalue weighted by atomic mass is 16.3. The average Bonchev–Trinajstić information content (AvgIpc) is 3.16. The number of nitrogens with zero attached hydrogens (tertiary/aromatic N) is 3. The van der Waals surface area contributed by atoms with Gasteiger partial charge >= 0.3 is 0 Å². The third kappa shape index (κ3) is 3.40. The van der Waals surface area contributed by atoms with Crippen molar-refractivity contribution in [1.82, 2.24) is 25.3 Å². The molecule has 0 bridgehead atoms. The highest BCUT2D eigenvalue weighted by molar-refractivity contribution is 5.94. The van der Waals surface area contributed by atoms with Crippen LogP contribution in [-0.2, 0) is 0 Å². The zero-order chi connectivity index (χ0) is 19.5. The molecule has 2 aromatic heterocycles. The van der Waals surface area contributed by atoms with Crippen molar-refractivity contribution in [2.24, 2.45) is 0 Å². The van der Waals surface area contributed by atoms with Gasteiger partial charge in [-0.1, -0.05) is 24.3 Å². The van der Waals surface area contributed by atoms with Gasteiger partial charge in [-0.25, -0.2) is 15.0 Å². The van der Waals surface area contributed by atoms with Crippen LogP contribution < -0.4 is 11.1 Å². The minimum absolute atomic E-state index is 0.102. The van der Waals surface area contributed by atoms with Crippen molar-refractivity contribution >= 4 is 22.8 Å². The summed E-state index contributed by atoms with van der Waals surface area (Å²) in [7, 11) is 0. The molecular formula is C20H18N6O2. The molecular weight excluding hydrogens is 356 g/mol. The number of aromatic nitrogens is 4. The molecule has 0 saturated carbocycles. The number of rotatable bonds is 5. The summed E-state index contributed by atoms with van der Waals surface area (Å²) >= 11 is 0. The van der Waals surface area contributed by atoms with E-state index in [2.05, 4.69) is 25.3 Å². The van der Waals surface area contributed by atoms with E-state index < -0.39 is 0 Å². The molecule has 0 aliphatic rings. The van der Waals surface area contributed by atoms with Crippen molar-refractivity contribution < 1.29 is 9.90 Å². The second-order valence-corrected chi connectivity index (χ2v) is 6.15. The van der Waals surface area contributed by atoms with E-state index >= 15 is 0 Å². The molecule has 5 N–H and O–H groups in total. The second-order valence-electron chi connectivity index (χ2n) is 6.15. The number of para-hydroxylation sites is 2. The van der Waals surface area contributed by atoms with Crippen LogP contribution in [-0.4, -0.2) is 44.1 Å². The number of nitrogen functional groups attached to an aromatic ring is 1. The average molecular weight is 374 g/mol. The van der Waals surface area contributed by atoms with Crippen LogP contribution in [0.25, 0.3) is 33.8 Å². The van der Waals surface area contributed by atoms with Crippen molar-refractivity contribution in [1.29, 1.82) is 0 Å². The Bertz CT molecular complexity index is 1100. The number of aliphatic hydroxyl groups is 1. The summed E-state index contributed by atoms with van der Waals surface area (Å²) in [5.41, 5.74) is 10.1. The van der Waals surface area contributed by atoms with Crippen LogP contribution in [0.15, 0.2) is 54.7 Å². The van der Waals surface area contributed by atoms with Crippen LogP contribution in [0.4, 0.5) is 5.82 Å². The number of aliphatic hydroxyl groups excluding tert-OH is 1. The predicted molar refractivity (Wildman–Crippen MR) is 106 cm³/mol. The van der Waals surface area contributed by atoms with Crippen LogP contribution >= 0.6 is 0 Å². The van der Waals surface area contributed by atoms with Crippen LogP contribution in [0.5, 0.6) is 0 Å². The number of fused-ring (bicyclic) bond motifs is 1. The maximum absolute atomic E-state index is 11.9. The molecule has 1 amide bonds. The van der Waals surface area contributed by atoms with E-state index in [9.17, 15) is 4.79 Å². The number of benzene rings is 2. The largest absolute Gasteiger partial charge is 0.395 e. The number of nitrogens with two attached hydrogens (primary N) is 1. The molecule has 0 aliphatic heterocycles. The Morgan fingerprint density at radius 2 is 1.89 bits per heavy atom. The van der Waals surface area contributed by atoms with Crippen molar-refractivity contribution in [2.45, 2.75) is 0 Å². The monoisotopic (exact) mass is 374 g/mol. The number of aromatic amines is 1. The fraction of sp³-hybridized carbons (Fsp3) is 0.100. The highest BCUT2D eigenvalue weighted by Crippen LogP contribution is 2.26. The lowest BCUT2D eigenvalue weighted by molar-refractivity contribution is 0.0945. The summed E-state index contributed by atoms with van der Waals surface area (Å²) in [5, 5.41) is 11.4. The molecule has 2 heterocycles. The van der Waals surface area contributed by atoms with Crippen molar-refractivity contribution in [3.05, 3.63) is 60.3 Å². The third-order valence-corrected chi connectivity index (χ3v) is 4.25. The second kappa shape index (κ2) is 7.45. The van der Waals surface area contributed by atoms with Crippen LogP contribution in [0.2, 0.25) is 0 Å². The Hall–Kier alpha value is -3.78. The van der Waals surface area contributed by atoms with E-state index in [1.807, 2.05) is 24.3 Å². The summed E-state index contributed by atoms with van der Waals surface area (Å²) in [4.78, 5) is 28.5. The molecule has 0 aliphatic carbocycles. The molecule has 28 heavy (non-hydrogen) atoms. The Morgan fingerprint density at radius 3 is 2.64 bits per heavy atom. The molecule has 0 unspecified atom stereocenters. The number of imidazole rings is 1. The van der Waals surface area contributed by atoms with Crippen molar-refractivity contribution in [2.75, 3.05) is 18.9 Å². The first kappa shape index (κ1) is 17.6. The van der Waals surface area contributed by atoms with Gasteiger partial charge in [-0.2, -0.15) is 0 Å². The summed E-state index contributed by atoms with van der Waals surface area (Å²) in [6.07, 6.45) is 1.59. The first-order chi connectivity index (χ1) is 13.7. The molecule has 2 aromatic carbocycles. The standard InChI is InChI=1S/C20H18N6O2/c21-18-17(19-25-14-3-1-2-4-15(14)26-19)24-16(11-23-18)12-5-7-13(8-6-12)20(28)22-9-10-27/h1-8,11,27H,9-10H2,(H2,21,23)(H,22,28)(H,25,26). The van der Waals surface area contributed by atoms with E-state index in [1.165, 1.54) is 0 Å². The molecule has 0 saturated heterocycles. The summed E-state index contributed by atoms with van der Waals surface area (Å²) in [5.74, 6) is 0.586. The normalized spacial score (nSPS) is 10.9. The SMILES string of the molecule is Nc1ncc(-c2ccc(C(=O)NCCO)cc2)nc1-c1nc2ccccc2[nH]1. The lowest BCUT2D eigenvalue weighted by Crippen LogP contribution is -2.26. The molecule has 0 spiro atoms. The van der Waals surface area contributed by atoms with E-state index in [4.69, 9.17) is 10.8 Å². The molecule has 8 heteroatoms. The quantitative estimate of drug-likeness (QED) is 0.423. The van der Waals surface area contributed by atoms with Crippen LogP contribution in [0.3, 0.4) is 0 Å². The zero-order valence-corrected chi connectivity index (χ0v) is 14.9. The number of amides is 1. The molecule has 8 nitrogen and oxygen atoms in total. The summed E-state index contributed by atoms with van der Waals surface area (Å²) < 4.78 is 0. The first-order valence-corrected chi connectivity index (χ1v) is 8.73. The topological polar surface area (TPSA) is 130 Å². The molecule has 4 aromatic rings. The van der Waals surface area contributed by atoms with Gasteiger partial charge in [0.05, 0.1) is 29.5 Å². The van der Waals surface area contributed by atoms with Gasteiger partial charge in [0.1, 0.15) is 5.69 Å². The Morgan fingerprint density at radius 1 is 1.11 bits per heavy atom. The number of carbonyl (C=O) groups excluding carboxylic acids is 1.